The molecule has 1 amide bonds. The SMILES string of the molecule is COc1ccccc1/C(N)=C/C(N)=O. The number of hydrogen-bond donors (Lipinski definition) is 2. The highest BCUT2D eigenvalue weighted by Gasteiger charge is 2.04. The highest BCUT2D eigenvalue weighted by atomic mass is 16.5. The Morgan fingerprint density at radius 2 is 2.00 bits per heavy atom. The molecule has 0 unspecified atom stereocenters. The van der Waals surface area contributed by atoms with Gasteiger partial charge in [0.2, 0.25) is 5.91 Å². The number of methoxy groups -OCH3 is 1. The van der Waals surface area contributed by atoms with Gasteiger partial charge in [-0.2, -0.15) is 0 Å². The van der Waals surface area contributed by atoms with Gasteiger partial charge in [-0.1, -0.05) is 12.1 Å². The predicted molar refractivity (Wildman–Crippen MR) is 54.4 cm³/mol. The van der Waals surface area contributed by atoms with Crippen molar-refractivity contribution in [3.8, 4) is 5.75 Å². The summed E-state index contributed by atoms with van der Waals surface area (Å²) >= 11 is 0. The van der Waals surface area contributed by atoms with Gasteiger partial charge in [0.25, 0.3) is 0 Å². The minimum atomic E-state index is -0.576. The number of ether oxygens (including phenoxy) is 1. The summed E-state index contributed by atoms with van der Waals surface area (Å²) in [6, 6.07) is 7.14. The normalized spacial score (nSPS) is 11.1. The van der Waals surface area contributed by atoms with Crippen LogP contribution in [-0.2, 0) is 4.79 Å². The molecule has 1 aromatic rings. The minimum Gasteiger partial charge on any atom is -0.496 e. The van der Waals surface area contributed by atoms with E-state index in [2.05, 4.69) is 0 Å². The summed E-state index contributed by atoms with van der Waals surface area (Å²) in [4.78, 5) is 10.6. The molecule has 0 radical (unpaired) electrons. The lowest BCUT2D eigenvalue weighted by Crippen LogP contribution is -2.10. The molecule has 0 atom stereocenters. The maximum Gasteiger partial charge on any atom is 0.243 e. The fraction of sp³-hybridized carbons (Fsp3) is 0.100. The standard InChI is InChI=1S/C10H12N2O2/c1-14-9-5-3-2-4-7(9)8(11)6-10(12)13/h2-6H,11H2,1H3,(H2,12,13)/b8-6-. The zero-order valence-corrected chi connectivity index (χ0v) is 7.86. The number of hydrogen-bond acceptors (Lipinski definition) is 3. The predicted octanol–water partition coefficient (Wildman–Crippen LogP) is 0.480. The molecule has 0 heterocycles. The molecule has 0 aliphatic heterocycles. The van der Waals surface area contributed by atoms with Gasteiger partial charge in [0.1, 0.15) is 5.75 Å². The summed E-state index contributed by atoms with van der Waals surface area (Å²) in [5.41, 5.74) is 11.6. The molecule has 0 spiro atoms. The molecule has 0 fully saturated rings. The maximum absolute atomic E-state index is 10.6. The number of carbonyl (C=O) groups is 1. The maximum atomic E-state index is 10.6. The average molecular weight is 192 g/mol. The van der Waals surface area contributed by atoms with Crippen LogP contribution in [0.5, 0.6) is 5.75 Å². The van der Waals surface area contributed by atoms with Gasteiger partial charge in [0.05, 0.1) is 7.11 Å². The van der Waals surface area contributed by atoms with E-state index in [1.54, 1.807) is 18.2 Å². The quantitative estimate of drug-likeness (QED) is 0.684. The van der Waals surface area contributed by atoms with Crippen molar-refractivity contribution in [2.45, 2.75) is 0 Å². The first-order chi connectivity index (χ1) is 6.65. The Balaban J connectivity index is 3.11. The molecule has 14 heavy (non-hydrogen) atoms. The van der Waals surface area contributed by atoms with Gasteiger partial charge in [0, 0.05) is 17.3 Å². The third-order valence-corrected chi connectivity index (χ3v) is 1.72. The van der Waals surface area contributed by atoms with Crippen molar-refractivity contribution in [3.05, 3.63) is 35.9 Å². The van der Waals surface area contributed by atoms with Gasteiger partial charge < -0.3 is 16.2 Å². The second-order valence-corrected chi connectivity index (χ2v) is 2.70. The third-order valence-electron chi connectivity index (χ3n) is 1.72. The number of amides is 1. The van der Waals surface area contributed by atoms with E-state index in [0.717, 1.165) is 6.08 Å². The van der Waals surface area contributed by atoms with Gasteiger partial charge in [0.15, 0.2) is 0 Å². The lowest BCUT2D eigenvalue weighted by Gasteiger charge is -2.07. The Morgan fingerprint density at radius 1 is 1.36 bits per heavy atom. The van der Waals surface area contributed by atoms with Gasteiger partial charge >= 0.3 is 0 Å². The van der Waals surface area contributed by atoms with Crippen LogP contribution in [0, 0.1) is 0 Å². The molecule has 0 saturated carbocycles. The average Bonchev–Trinajstić information content (AvgIpc) is 2.16. The summed E-state index contributed by atoms with van der Waals surface area (Å²) < 4.78 is 5.08. The van der Waals surface area contributed by atoms with Crippen molar-refractivity contribution in [2.75, 3.05) is 7.11 Å². The first kappa shape index (κ1) is 10.1. The van der Waals surface area contributed by atoms with E-state index in [9.17, 15) is 4.79 Å². The van der Waals surface area contributed by atoms with Crippen LogP contribution in [0.3, 0.4) is 0 Å². The highest BCUT2D eigenvalue weighted by molar-refractivity contribution is 5.93. The van der Waals surface area contributed by atoms with Gasteiger partial charge in [-0.25, -0.2) is 0 Å². The second-order valence-electron chi connectivity index (χ2n) is 2.70. The van der Waals surface area contributed by atoms with Crippen LogP contribution in [0.2, 0.25) is 0 Å². The van der Waals surface area contributed by atoms with Gasteiger partial charge in [-0.05, 0) is 12.1 Å². The van der Waals surface area contributed by atoms with Crippen molar-refractivity contribution >= 4 is 11.6 Å². The van der Waals surface area contributed by atoms with Crippen LogP contribution in [0.25, 0.3) is 5.70 Å². The summed E-state index contributed by atoms with van der Waals surface area (Å²) in [5, 5.41) is 0. The Labute approximate surface area is 82.2 Å². The second kappa shape index (κ2) is 4.32. The van der Waals surface area contributed by atoms with Crippen LogP contribution >= 0.6 is 0 Å². The molecule has 0 aliphatic carbocycles. The van der Waals surface area contributed by atoms with E-state index in [-0.39, 0.29) is 0 Å². The van der Waals surface area contributed by atoms with E-state index in [1.165, 1.54) is 7.11 Å². The number of benzene rings is 1. The summed E-state index contributed by atoms with van der Waals surface area (Å²) in [7, 11) is 1.54. The van der Waals surface area contributed by atoms with Crippen LogP contribution < -0.4 is 16.2 Å². The van der Waals surface area contributed by atoms with Crippen LogP contribution in [0.4, 0.5) is 0 Å². The molecule has 4 nitrogen and oxygen atoms in total. The van der Waals surface area contributed by atoms with Gasteiger partial charge in [-0.15, -0.1) is 0 Å². The van der Waals surface area contributed by atoms with E-state index < -0.39 is 5.91 Å². The van der Waals surface area contributed by atoms with E-state index in [1.807, 2.05) is 6.07 Å². The zero-order valence-electron chi connectivity index (χ0n) is 7.86. The van der Waals surface area contributed by atoms with Gasteiger partial charge in [-0.3, -0.25) is 4.79 Å². The van der Waals surface area contributed by atoms with Crippen molar-refractivity contribution in [1.29, 1.82) is 0 Å². The molecule has 0 aromatic heterocycles. The summed E-state index contributed by atoms with van der Waals surface area (Å²) in [6.07, 6.45) is 1.16. The molecule has 0 aliphatic rings. The Bertz CT molecular complexity index is 372. The van der Waals surface area contributed by atoms with E-state index in [4.69, 9.17) is 16.2 Å². The smallest absolute Gasteiger partial charge is 0.243 e. The lowest BCUT2D eigenvalue weighted by atomic mass is 10.1. The molecule has 0 saturated heterocycles. The van der Waals surface area contributed by atoms with Crippen molar-refractivity contribution in [3.63, 3.8) is 0 Å². The van der Waals surface area contributed by atoms with Crippen molar-refractivity contribution in [1.82, 2.24) is 0 Å². The summed E-state index contributed by atoms with van der Waals surface area (Å²) in [6.45, 7) is 0. The molecule has 4 heteroatoms. The number of nitrogens with two attached hydrogens (primary N) is 2. The fourth-order valence-corrected chi connectivity index (χ4v) is 1.11. The molecule has 74 valence electrons. The Hall–Kier alpha value is -1.97. The topological polar surface area (TPSA) is 78.3 Å². The summed E-state index contributed by atoms with van der Waals surface area (Å²) in [5.74, 6) is 0.0379. The Kier molecular flexibility index (Phi) is 3.12. The molecule has 0 bridgehead atoms. The first-order valence-corrected chi connectivity index (χ1v) is 4.05. The van der Waals surface area contributed by atoms with E-state index in [0.29, 0.717) is 17.0 Å². The number of rotatable bonds is 3. The molecule has 4 N–H and O–H groups in total. The first-order valence-electron chi connectivity index (χ1n) is 4.05. The third kappa shape index (κ3) is 2.26. The van der Waals surface area contributed by atoms with Crippen LogP contribution in [-0.4, -0.2) is 13.0 Å². The minimum absolute atomic E-state index is 0.301. The van der Waals surface area contributed by atoms with E-state index >= 15 is 0 Å². The van der Waals surface area contributed by atoms with Crippen LogP contribution in [0.1, 0.15) is 5.56 Å². The highest BCUT2D eigenvalue weighted by Crippen LogP contribution is 2.21. The molecule has 1 aromatic carbocycles. The lowest BCUT2D eigenvalue weighted by molar-refractivity contribution is -0.113. The molecular weight excluding hydrogens is 180 g/mol. The number of carbonyl (C=O) groups excluding carboxylic acids is 1. The monoisotopic (exact) mass is 192 g/mol. The molecular formula is C10H12N2O2. The zero-order chi connectivity index (χ0) is 10.6. The van der Waals surface area contributed by atoms with Crippen LogP contribution in [0.15, 0.2) is 30.3 Å². The number of para-hydroxylation sites is 1. The number of primary amides is 1. The fourth-order valence-electron chi connectivity index (χ4n) is 1.11. The van der Waals surface area contributed by atoms with Crippen molar-refractivity contribution < 1.29 is 9.53 Å². The largest absolute Gasteiger partial charge is 0.496 e. The molecule has 1 rings (SSSR count). The Morgan fingerprint density at radius 3 is 2.57 bits per heavy atom. The van der Waals surface area contributed by atoms with Crippen molar-refractivity contribution in [2.24, 2.45) is 11.5 Å².